The van der Waals surface area contributed by atoms with E-state index in [1.54, 1.807) is 0 Å². The maximum atomic E-state index is 12.9. The van der Waals surface area contributed by atoms with Crippen LogP contribution < -0.4 is 29.6 Å². The summed E-state index contributed by atoms with van der Waals surface area (Å²) in [5, 5.41) is 0. The van der Waals surface area contributed by atoms with Gasteiger partial charge in [0.2, 0.25) is 0 Å². The van der Waals surface area contributed by atoms with Crippen molar-refractivity contribution in [3.63, 3.8) is 0 Å². The van der Waals surface area contributed by atoms with Gasteiger partial charge in [-0.05, 0) is 76.3 Å². The fraction of sp³-hybridized carbons (Fsp3) is 0.684. The summed E-state index contributed by atoms with van der Waals surface area (Å²) in [5.74, 6) is -1.84. The SMILES string of the molecule is CCCCCCC/C=C/CCCCCCOC(=O)c1cccc(S(=O)(=O)[O-])c1C(=O)OCCCCCC/C=C/CCCCCCC.[Na+]. The molecule has 0 unspecified atom stereocenters. The van der Waals surface area contributed by atoms with Crippen molar-refractivity contribution in [1.82, 2.24) is 0 Å². The Morgan fingerprint density at radius 2 is 0.979 bits per heavy atom. The van der Waals surface area contributed by atoms with E-state index in [9.17, 15) is 22.6 Å². The molecule has 0 fully saturated rings. The fourth-order valence-corrected chi connectivity index (χ4v) is 5.93. The van der Waals surface area contributed by atoms with Crippen molar-refractivity contribution in [1.29, 1.82) is 0 Å². The standard InChI is InChI=1S/C38H62O7S.Na/c1-3-5-7-9-11-13-15-17-19-21-23-25-27-32-44-37(39)34-30-29-31-35(46(41,42)43)36(34)38(40)45-33-28-26-24-22-20-18-16-14-12-10-8-6-4-2;/h15-18,29-31H,3-14,19-28,32-33H2,1-2H3,(H,41,42,43);/q;+1/p-1/b17-15+,18-16+;. The first-order chi connectivity index (χ1) is 22.3. The van der Waals surface area contributed by atoms with E-state index < -0.39 is 32.5 Å². The van der Waals surface area contributed by atoms with Crippen molar-refractivity contribution in [2.24, 2.45) is 0 Å². The number of hydrogen-bond donors (Lipinski definition) is 0. The topological polar surface area (TPSA) is 110 Å². The molecule has 0 saturated carbocycles. The molecule has 1 aromatic rings. The minimum atomic E-state index is -5.01. The first-order valence-corrected chi connectivity index (χ1v) is 19.5. The number of rotatable bonds is 29. The van der Waals surface area contributed by atoms with Crippen molar-refractivity contribution in [2.75, 3.05) is 13.2 Å². The molecule has 0 bridgehead atoms. The van der Waals surface area contributed by atoms with Gasteiger partial charge in [0, 0.05) is 0 Å². The Hall–Kier alpha value is -1.45. The quantitative estimate of drug-likeness (QED) is 0.0280. The number of hydrogen-bond acceptors (Lipinski definition) is 7. The van der Waals surface area contributed by atoms with Gasteiger partial charge in [0.15, 0.2) is 0 Å². The van der Waals surface area contributed by atoms with Gasteiger partial charge in [-0.1, -0.05) is 121 Å². The molecule has 9 heteroatoms. The summed E-state index contributed by atoms with van der Waals surface area (Å²) >= 11 is 0. The summed E-state index contributed by atoms with van der Waals surface area (Å²) < 4.78 is 46.4. The zero-order chi connectivity index (χ0) is 33.7. The molecule has 0 radical (unpaired) electrons. The third-order valence-corrected chi connectivity index (χ3v) is 8.88. The molecule has 47 heavy (non-hydrogen) atoms. The van der Waals surface area contributed by atoms with Crippen LogP contribution in [0.2, 0.25) is 0 Å². The van der Waals surface area contributed by atoms with Crippen LogP contribution in [0.4, 0.5) is 0 Å². The van der Waals surface area contributed by atoms with Crippen LogP contribution in [0.15, 0.2) is 47.4 Å². The zero-order valence-electron chi connectivity index (χ0n) is 29.8. The molecule has 262 valence electrons. The van der Waals surface area contributed by atoms with Crippen molar-refractivity contribution >= 4 is 22.1 Å². The van der Waals surface area contributed by atoms with Gasteiger partial charge in [0.1, 0.15) is 10.1 Å². The molecule has 0 N–H and O–H groups in total. The van der Waals surface area contributed by atoms with Crippen LogP contribution in [0.1, 0.15) is 176 Å². The number of carbonyl (C=O) groups excluding carboxylic acids is 2. The Morgan fingerprint density at radius 3 is 1.38 bits per heavy atom. The molecule has 0 aromatic heterocycles. The van der Waals surface area contributed by atoms with Crippen LogP contribution in [0.3, 0.4) is 0 Å². The second-order valence-corrected chi connectivity index (χ2v) is 13.5. The van der Waals surface area contributed by atoms with Crippen LogP contribution >= 0.6 is 0 Å². The molecule has 1 rings (SSSR count). The van der Waals surface area contributed by atoms with Gasteiger partial charge in [-0.3, -0.25) is 0 Å². The normalized spacial score (nSPS) is 11.6. The molecule has 0 aliphatic rings. The van der Waals surface area contributed by atoms with Gasteiger partial charge < -0.3 is 14.0 Å². The summed E-state index contributed by atoms with van der Waals surface area (Å²) in [6, 6.07) is 3.58. The van der Waals surface area contributed by atoms with E-state index in [4.69, 9.17) is 9.47 Å². The van der Waals surface area contributed by atoms with Gasteiger partial charge in [-0.2, -0.15) is 0 Å². The Labute approximate surface area is 308 Å². The largest absolute Gasteiger partial charge is 1.00 e. The van der Waals surface area contributed by atoms with Gasteiger partial charge in [-0.25, -0.2) is 18.0 Å². The van der Waals surface area contributed by atoms with E-state index >= 15 is 0 Å². The van der Waals surface area contributed by atoms with Crippen LogP contribution in [-0.2, 0) is 19.6 Å². The van der Waals surface area contributed by atoms with Crippen molar-refractivity contribution < 1.29 is 61.6 Å². The van der Waals surface area contributed by atoms with E-state index in [-0.39, 0.29) is 48.3 Å². The summed E-state index contributed by atoms with van der Waals surface area (Å²) in [6.07, 6.45) is 33.3. The van der Waals surface area contributed by atoms with Crippen LogP contribution in [-0.4, -0.2) is 38.1 Å². The molecular weight excluding hydrogens is 623 g/mol. The molecule has 0 heterocycles. The predicted octanol–water partition coefficient (Wildman–Crippen LogP) is 7.64. The van der Waals surface area contributed by atoms with E-state index in [1.165, 1.54) is 76.3 Å². The van der Waals surface area contributed by atoms with Crippen molar-refractivity contribution in [2.45, 2.75) is 160 Å². The van der Waals surface area contributed by atoms with Crippen LogP contribution in [0.5, 0.6) is 0 Å². The molecule has 0 spiro atoms. The van der Waals surface area contributed by atoms with E-state index in [0.717, 1.165) is 70.3 Å². The number of allylic oxidation sites excluding steroid dienone is 4. The number of unbranched alkanes of at least 4 members (excludes halogenated alkanes) is 18. The smallest absolute Gasteiger partial charge is 0.744 e. The average molecular weight is 685 g/mol. The monoisotopic (exact) mass is 684 g/mol. The zero-order valence-corrected chi connectivity index (χ0v) is 32.6. The molecule has 0 aliphatic heterocycles. The number of benzene rings is 1. The van der Waals surface area contributed by atoms with E-state index in [1.807, 2.05) is 0 Å². The maximum absolute atomic E-state index is 12.9. The number of carbonyl (C=O) groups is 2. The first kappa shape index (κ1) is 45.6. The summed E-state index contributed by atoms with van der Waals surface area (Å²) in [5.41, 5.74) is -0.807. The van der Waals surface area contributed by atoms with Gasteiger partial charge in [-0.15, -0.1) is 0 Å². The third-order valence-electron chi connectivity index (χ3n) is 8.00. The Morgan fingerprint density at radius 1 is 0.596 bits per heavy atom. The second-order valence-electron chi connectivity index (χ2n) is 12.2. The maximum Gasteiger partial charge on any atom is 1.00 e. The number of esters is 2. The predicted molar refractivity (Wildman–Crippen MR) is 186 cm³/mol. The Bertz CT molecular complexity index is 1120. The van der Waals surface area contributed by atoms with Gasteiger partial charge >= 0.3 is 41.5 Å². The second kappa shape index (κ2) is 30.6. The summed E-state index contributed by atoms with van der Waals surface area (Å²) in [6.45, 7) is 4.66. The van der Waals surface area contributed by atoms with E-state index in [0.29, 0.717) is 12.8 Å². The molecule has 1 aromatic carbocycles. The fourth-order valence-electron chi connectivity index (χ4n) is 5.24. The number of ether oxygens (including phenoxy) is 2. The molecule has 0 atom stereocenters. The van der Waals surface area contributed by atoms with Gasteiger partial charge in [0.05, 0.1) is 29.2 Å². The van der Waals surface area contributed by atoms with Crippen LogP contribution in [0, 0.1) is 0 Å². The molecule has 0 amide bonds. The Balaban J connectivity index is 0.0000212. The molecule has 0 aliphatic carbocycles. The molecule has 0 saturated heterocycles. The van der Waals surface area contributed by atoms with E-state index in [2.05, 4.69) is 38.2 Å². The average Bonchev–Trinajstić information content (AvgIpc) is 3.04. The minimum absolute atomic E-state index is 0. The molecular formula is C38H61NaO7S. The van der Waals surface area contributed by atoms with Crippen LogP contribution in [0.25, 0.3) is 0 Å². The third kappa shape index (κ3) is 23.5. The molecule has 7 nitrogen and oxygen atoms in total. The summed E-state index contributed by atoms with van der Waals surface area (Å²) in [4.78, 5) is 25.0. The van der Waals surface area contributed by atoms with Crippen molar-refractivity contribution in [3.8, 4) is 0 Å². The first-order valence-electron chi connectivity index (χ1n) is 18.1. The minimum Gasteiger partial charge on any atom is -0.744 e. The van der Waals surface area contributed by atoms with Crippen molar-refractivity contribution in [3.05, 3.63) is 53.6 Å². The summed E-state index contributed by atoms with van der Waals surface area (Å²) in [7, 11) is -5.01. The Kier molecular flexibility index (Phi) is 29.7. The van der Waals surface area contributed by atoms with Gasteiger partial charge in [0.25, 0.3) is 0 Å².